The number of nitrogens with one attached hydrogen (secondary N) is 1. The van der Waals surface area contributed by atoms with E-state index >= 15 is 0 Å². The summed E-state index contributed by atoms with van der Waals surface area (Å²) in [6.07, 6.45) is 3.72. The van der Waals surface area contributed by atoms with Crippen molar-refractivity contribution in [2.45, 2.75) is 32.5 Å². The lowest BCUT2D eigenvalue weighted by molar-refractivity contribution is -0.148. The summed E-state index contributed by atoms with van der Waals surface area (Å²) in [6, 6.07) is 0. The van der Waals surface area contributed by atoms with Gasteiger partial charge in [0.25, 0.3) is 5.91 Å². The lowest BCUT2D eigenvalue weighted by Crippen LogP contribution is -2.31. The molecule has 1 aliphatic rings. The zero-order valence-corrected chi connectivity index (χ0v) is 10.4. The fourth-order valence-electron chi connectivity index (χ4n) is 1.64. The molecule has 2 N–H and O–H groups in total. The maximum absolute atomic E-state index is 11.4. The van der Waals surface area contributed by atoms with Gasteiger partial charge in [-0.1, -0.05) is 6.92 Å². The molecular formula is C12H21NO4. The van der Waals surface area contributed by atoms with Gasteiger partial charge in [0.15, 0.2) is 5.76 Å². The Hall–Kier alpha value is -1.07. The van der Waals surface area contributed by atoms with Gasteiger partial charge in [-0.05, 0) is 24.8 Å². The van der Waals surface area contributed by atoms with E-state index in [-0.39, 0.29) is 24.7 Å². The topological polar surface area (TPSA) is 67.8 Å². The number of carbonyl (C=O) groups is 1. The Balaban J connectivity index is 2.39. The third kappa shape index (κ3) is 4.75. The normalized spacial score (nSPS) is 23.8. The van der Waals surface area contributed by atoms with Crippen molar-refractivity contribution in [3.63, 3.8) is 0 Å². The second-order valence-electron chi connectivity index (χ2n) is 4.17. The van der Waals surface area contributed by atoms with Crippen molar-refractivity contribution in [1.29, 1.82) is 0 Å². The molecule has 0 saturated heterocycles. The highest BCUT2D eigenvalue weighted by molar-refractivity contribution is 5.91. The monoisotopic (exact) mass is 243 g/mol. The van der Waals surface area contributed by atoms with Gasteiger partial charge in [-0.25, -0.2) is 0 Å². The fraction of sp³-hybridized carbons (Fsp3) is 0.750. The summed E-state index contributed by atoms with van der Waals surface area (Å²) >= 11 is 0. The first-order valence-corrected chi connectivity index (χ1v) is 6.00. The Morgan fingerprint density at radius 1 is 1.65 bits per heavy atom. The molecule has 98 valence electrons. The Morgan fingerprint density at radius 3 is 3.06 bits per heavy atom. The van der Waals surface area contributed by atoms with Gasteiger partial charge in [0.1, 0.15) is 0 Å². The summed E-state index contributed by atoms with van der Waals surface area (Å²) in [6.45, 7) is 2.74. The summed E-state index contributed by atoms with van der Waals surface area (Å²) in [5.74, 6) is 0.373. The molecule has 17 heavy (non-hydrogen) atoms. The van der Waals surface area contributed by atoms with Crippen molar-refractivity contribution in [3.05, 3.63) is 11.8 Å². The first kappa shape index (κ1) is 14.0. The lowest BCUT2D eigenvalue weighted by atomic mass is 10.0. The molecule has 1 heterocycles. The SMILES string of the molecule is CNC(=O)C1=C[C@@H](C)C[C@@H](OCCCCO)O1. The molecule has 0 aromatic carbocycles. The van der Waals surface area contributed by atoms with Crippen LogP contribution in [0.3, 0.4) is 0 Å². The van der Waals surface area contributed by atoms with E-state index in [4.69, 9.17) is 14.6 Å². The molecule has 0 saturated carbocycles. The van der Waals surface area contributed by atoms with Crippen LogP contribution >= 0.6 is 0 Å². The van der Waals surface area contributed by atoms with Crippen LogP contribution in [0.25, 0.3) is 0 Å². The summed E-state index contributed by atoms with van der Waals surface area (Å²) < 4.78 is 11.0. The van der Waals surface area contributed by atoms with Crippen molar-refractivity contribution in [3.8, 4) is 0 Å². The van der Waals surface area contributed by atoms with E-state index in [1.165, 1.54) is 0 Å². The van der Waals surface area contributed by atoms with Gasteiger partial charge in [-0.15, -0.1) is 0 Å². The van der Waals surface area contributed by atoms with Gasteiger partial charge in [-0.2, -0.15) is 0 Å². The average Bonchev–Trinajstić information content (AvgIpc) is 2.33. The molecule has 1 aliphatic heterocycles. The van der Waals surface area contributed by atoms with E-state index in [0.29, 0.717) is 12.4 Å². The number of likely N-dealkylation sites (N-methyl/N-ethyl adjacent to an activating group) is 1. The molecule has 0 bridgehead atoms. The van der Waals surface area contributed by atoms with Crippen LogP contribution in [-0.2, 0) is 14.3 Å². The minimum atomic E-state index is -0.360. The van der Waals surface area contributed by atoms with Crippen molar-refractivity contribution in [2.75, 3.05) is 20.3 Å². The van der Waals surface area contributed by atoms with Gasteiger partial charge in [0.05, 0.1) is 6.61 Å². The number of hydrogen-bond acceptors (Lipinski definition) is 4. The molecule has 0 aromatic rings. The quantitative estimate of drug-likeness (QED) is 0.677. The molecule has 0 radical (unpaired) electrons. The standard InChI is InChI=1S/C12H21NO4/c1-9-7-10(12(15)13-2)17-11(8-9)16-6-4-3-5-14/h7,9,11,14H,3-6,8H2,1-2H3,(H,13,15)/t9-,11+/m1/s1. The number of unbranched alkanes of at least 4 members (excludes halogenated alkanes) is 1. The van der Waals surface area contributed by atoms with E-state index in [9.17, 15) is 4.79 Å². The van der Waals surface area contributed by atoms with Gasteiger partial charge in [0, 0.05) is 20.1 Å². The first-order chi connectivity index (χ1) is 8.17. The molecule has 0 spiro atoms. The number of carbonyl (C=O) groups excluding carboxylic acids is 1. The largest absolute Gasteiger partial charge is 0.459 e. The average molecular weight is 243 g/mol. The zero-order valence-electron chi connectivity index (χ0n) is 10.4. The number of hydrogen-bond donors (Lipinski definition) is 2. The van der Waals surface area contributed by atoms with Crippen LogP contribution in [0.5, 0.6) is 0 Å². The molecule has 2 atom stereocenters. The number of rotatable bonds is 6. The highest BCUT2D eigenvalue weighted by Crippen LogP contribution is 2.22. The van der Waals surface area contributed by atoms with E-state index in [2.05, 4.69) is 5.32 Å². The van der Waals surface area contributed by atoms with Crippen molar-refractivity contribution in [2.24, 2.45) is 5.92 Å². The van der Waals surface area contributed by atoms with Crippen LogP contribution in [0.2, 0.25) is 0 Å². The summed E-state index contributed by atoms with van der Waals surface area (Å²) in [4.78, 5) is 11.4. The zero-order chi connectivity index (χ0) is 12.7. The third-order valence-electron chi connectivity index (χ3n) is 2.57. The highest BCUT2D eigenvalue weighted by Gasteiger charge is 2.24. The predicted octanol–water partition coefficient (Wildman–Crippen LogP) is 0.788. The van der Waals surface area contributed by atoms with Gasteiger partial charge in [0.2, 0.25) is 6.29 Å². The van der Waals surface area contributed by atoms with Crippen LogP contribution in [-0.4, -0.2) is 37.6 Å². The van der Waals surface area contributed by atoms with Gasteiger partial charge >= 0.3 is 0 Å². The maximum Gasteiger partial charge on any atom is 0.285 e. The van der Waals surface area contributed by atoms with Crippen molar-refractivity contribution < 1.29 is 19.4 Å². The molecule has 0 aliphatic carbocycles. The minimum absolute atomic E-state index is 0.175. The Bertz CT molecular complexity index is 278. The molecule has 1 amide bonds. The molecule has 1 rings (SSSR count). The smallest absolute Gasteiger partial charge is 0.285 e. The molecule has 0 fully saturated rings. The Morgan fingerprint density at radius 2 is 2.41 bits per heavy atom. The Labute approximate surface area is 102 Å². The Kier molecular flexibility index (Phi) is 6.00. The van der Waals surface area contributed by atoms with Crippen LogP contribution in [0.4, 0.5) is 0 Å². The number of allylic oxidation sites excluding steroid dienone is 1. The first-order valence-electron chi connectivity index (χ1n) is 6.00. The van der Waals surface area contributed by atoms with E-state index in [1.54, 1.807) is 7.05 Å². The molecular weight excluding hydrogens is 222 g/mol. The van der Waals surface area contributed by atoms with Gasteiger partial charge in [-0.3, -0.25) is 4.79 Å². The fourth-order valence-corrected chi connectivity index (χ4v) is 1.64. The predicted molar refractivity (Wildman–Crippen MR) is 63.1 cm³/mol. The lowest BCUT2D eigenvalue weighted by Gasteiger charge is -2.27. The minimum Gasteiger partial charge on any atom is -0.459 e. The number of ether oxygens (including phenoxy) is 2. The highest BCUT2D eigenvalue weighted by atomic mass is 16.7. The van der Waals surface area contributed by atoms with Crippen LogP contribution in [0, 0.1) is 5.92 Å². The molecule has 5 nitrogen and oxygen atoms in total. The number of aliphatic hydroxyl groups excluding tert-OH is 1. The van der Waals surface area contributed by atoms with Crippen molar-refractivity contribution in [1.82, 2.24) is 5.32 Å². The van der Waals surface area contributed by atoms with E-state index in [1.807, 2.05) is 13.0 Å². The molecule has 0 aromatic heterocycles. The van der Waals surface area contributed by atoms with Crippen LogP contribution in [0.15, 0.2) is 11.8 Å². The number of aliphatic hydroxyl groups is 1. The van der Waals surface area contributed by atoms with Gasteiger partial charge < -0.3 is 19.9 Å². The number of amides is 1. The maximum atomic E-state index is 11.4. The molecule has 5 heteroatoms. The van der Waals surface area contributed by atoms with Crippen LogP contribution in [0.1, 0.15) is 26.2 Å². The van der Waals surface area contributed by atoms with Crippen LogP contribution < -0.4 is 5.32 Å². The summed E-state index contributed by atoms with van der Waals surface area (Å²) in [5, 5.41) is 11.2. The van der Waals surface area contributed by atoms with Crippen molar-refractivity contribution >= 4 is 5.91 Å². The second-order valence-corrected chi connectivity index (χ2v) is 4.17. The third-order valence-corrected chi connectivity index (χ3v) is 2.57. The second kappa shape index (κ2) is 7.29. The summed E-state index contributed by atoms with van der Waals surface area (Å²) in [7, 11) is 1.57. The van der Waals surface area contributed by atoms with E-state index < -0.39 is 0 Å². The van der Waals surface area contributed by atoms with E-state index in [0.717, 1.165) is 19.3 Å². The molecule has 0 unspecified atom stereocenters. The summed E-state index contributed by atoms with van der Waals surface area (Å²) in [5.41, 5.74) is 0.